The van der Waals surface area contributed by atoms with Gasteiger partial charge in [-0.2, -0.15) is 0 Å². The van der Waals surface area contributed by atoms with E-state index in [1.54, 1.807) is 11.3 Å². The number of likely N-dealkylation sites (tertiary alicyclic amines) is 1. The summed E-state index contributed by atoms with van der Waals surface area (Å²) in [4.78, 5) is 8.01. The number of piperidine rings is 1. The second kappa shape index (κ2) is 6.48. The lowest BCUT2D eigenvalue weighted by Gasteiger charge is -2.29. The van der Waals surface area contributed by atoms with Gasteiger partial charge in [0.1, 0.15) is 5.84 Å². The van der Waals surface area contributed by atoms with Crippen LogP contribution < -0.4 is 5.73 Å². The van der Waals surface area contributed by atoms with Crippen molar-refractivity contribution < 1.29 is 0 Å². The first-order valence-corrected chi connectivity index (χ1v) is 7.97. The summed E-state index contributed by atoms with van der Waals surface area (Å²) in [7, 11) is 0. The van der Waals surface area contributed by atoms with Crippen LogP contribution in [0.25, 0.3) is 0 Å². The molecule has 0 spiro atoms. The van der Waals surface area contributed by atoms with Crippen molar-refractivity contribution in [2.75, 3.05) is 19.6 Å². The lowest BCUT2D eigenvalue weighted by Crippen LogP contribution is -2.34. The summed E-state index contributed by atoms with van der Waals surface area (Å²) in [6.45, 7) is 7.92. The number of amidine groups is 1. The number of thiazole rings is 1. The van der Waals surface area contributed by atoms with Crippen LogP contribution in [-0.4, -0.2) is 35.4 Å². The summed E-state index contributed by atoms with van der Waals surface area (Å²) in [6, 6.07) is 0. The standard InChI is InChI=1S/C14H24N4S/c1-3-11-13(14(15)16)19-12(17-11)6-9-18-7-4-10(2)5-8-18/h10H,3-9H2,1-2H3,(H3,15,16). The van der Waals surface area contributed by atoms with Gasteiger partial charge in [0.05, 0.1) is 15.6 Å². The number of nitrogens with two attached hydrogens (primary N) is 1. The van der Waals surface area contributed by atoms with Gasteiger partial charge in [0.25, 0.3) is 0 Å². The van der Waals surface area contributed by atoms with Gasteiger partial charge in [-0.1, -0.05) is 13.8 Å². The van der Waals surface area contributed by atoms with E-state index in [1.807, 2.05) is 0 Å². The van der Waals surface area contributed by atoms with E-state index in [0.717, 1.165) is 40.9 Å². The highest BCUT2D eigenvalue weighted by Crippen LogP contribution is 2.21. The highest BCUT2D eigenvalue weighted by Gasteiger charge is 2.17. The van der Waals surface area contributed by atoms with E-state index in [2.05, 4.69) is 23.7 Å². The zero-order valence-electron chi connectivity index (χ0n) is 11.9. The maximum atomic E-state index is 7.58. The van der Waals surface area contributed by atoms with Crippen LogP contribution in [0.5, 0.6) is 0 Å². The molecule has 2 rings (SSSR count). The first-order chi connectivity index (χ1) is 9.10. The molecule has 0 aromatic carbocycles. The van der Waals surface area contributed by atoms with Crippen LogP contribution in [0.3, 0.4) is 0 Å². The van der Waals surface area contributed by atoms with Crippen LogP contribution in [0, 0.1) is 11.3 Å². The van der Waals surface area contributed by atoms with Gasteiger partial charge < -0.3 is 10.6 Å². The first-order valence-electron chi connectivity index (χ1n) is 7.15. The molecular formula is C14H24N4S. The third-order valence-electron chi connectivity index (χ3n) is 3.84. The van der Waals surface area contributed by atoms with E-state index in [4.69, 9.17) is 11.1 Å². The van der Waals surface area contributed by atoms with Crippen molar-refractivity contribution in [1.29, 1.82) is 5.41 Å². The number of nitrogens with one attached hydrogen (secondary N) is 1. The highest BCUT2D eigenvalue weighted by atomic mass is 32.1. The Kier molecular flexibility index (Phi) is 4.93. The fourth-order valence-electron chi connectivity index (χ4n) is 2.50. The minimum absolute atomic E-state index is 0.160. The Labute approximate surface area is 119 Å². The predicted octanol–water partition coefficient (Wildman–Crippen LogP) is 2.26. The maximum absolute atomic E-state index is 7.58. The van der Waals surface area contributed by atoms with E-state index in [-0.39, 0.29) is 5.84 Å². The molecule has 1 fully saturated rings. The Morgan fingerprint density at radius 3 is 2.68 bits per heavy atom. The average molecular weight is 280 g/mol. The van der Waals surface area contributed by atoms with Gasteiger partial charge >= 0.3 is 0 Å². The fourth-order valence-corrected chi connectivity index (χ4v) is 3.50. The summed E-state index contributed by atoms with van der Waals surface area (Å²) < 4.78 is 0. The molecule has 2 heterocycles. The number of rotatable bonds is 5. The summed E-state index contributed by atoms with van der Waals surface area (Å²) >= 11 is 1.59. The maximum Gasteiger partial charge on any atom is 0.135 e. The number of hydrogen-bond acceptors (Lipinski definition) is 4. The number of nitrogens with zero attached hydrogens (tertiary/aromatic N) is 2. The molecule has 1 aliphatic rings. The smallest absolute Gasteiger partial charge is 0.135 e. The molecule has 3 N–H and O–H groups in total. The Bertz CT molecular complexity index is 433. The van der Waals surface area contributed by atoms with Gasteiger partial charge in [-0.05, 0) is 38.3 Å². The molecule has 5 heteroatoms. The predicted molar refractivity (Wildman–Crippen MR) is 81.1 cm³/mol. The second-order valence-electron chi connectivity index (χ2n) is 5.42. The third-order valence-corrected chi connectivity index (χ3v) is 5.03. The van der Waals surface area contributed by atoms with Crippen LogP contribution in [-0.2, 0) is 12.8 Å². The zero-order valence-corrected chi connectivity index (χ0v) is 12.7. The lowest BCUT2D eigenvalue weighted by atomic mass is 9.99. The summed E-state index contributed by atoms with van der Waals surface area (Å²) in [5.74, 6) is 1.04. The SMILES string of the molecule is CCc1nc(CCN2CCC(C)CC2)sc1C(=N)N. The average Bonchev–Trinajstić information content (AvgIpc) is 2.81. The van der Waals surface area contributed by atoms with Gasteiger partial charge in [-0.25, -0.2) is 4.98 Å². The molecule has 106 valence electrons. The molecule has 0 aliphatic carbocycles. The minimum Gasteiger partial charge on any atom is -0.383 e. The van der Waals surface area contributed by atoms with Crippen LogP contribution in [0.2, 0.25) is 0 Å². The lowest BCUT2D eigenvalue weighted by molar-refractivity contribution is 0.194. The molecule has 0 saturated carbocycles. The van der Waals surface area contributed by atoms with Crippen molar-refractivity contribution in [2.45, 2.75) is 39.5 Å². The topological polar surface area (TPSA) is 66.0 Å². The fraction of sp³-hybridized carbons (Fsp3) is 0.714. The van der Waals surface area contributed by atoms with Crippen LogP contribution in [0.4, 0.5) is 0 Å². The number of hydrogen-bond donors (Lipinski definition) is 2. The van der Waals surface area contributed by atoms with E-state index in [1.165, 1.54) is 25.9 Å². The van der Waals surface area contributed by atoms with Crippen LogP contribution >= 0.6 is 11.3 Å². The van der Waals surface area contributed by atoms with Crippen LogP contribution in [0.15, 0.2) is 0 Å². The van der Waals surface area contributed by atoms with Gasteiger partial charge in [-0.15, -0.1) is 11.3 Å². The Morgan fingerprint density at radius 2 is 2.16 bits per heavy atom. The van der Waals surface area contributed by atoms with E-state index in [0.29, 0.717) is 0 Å². The van der Waals surface area contributed by atoms with E-state index < -0.39 is 0 Å². The van der Waals surface area contributed by atoms with Crippen molar-refractivity contribution in [3.05, 3.63) is 15.6 Å². The molecule has 0 radical (unpaired) electrons. The Hall–Kier alpha value is -0.940. The Balaban J connectivity index is 1.91. The number of aryl methyl sites for hydroxylation is 1. The molecule has 4 nitrogen and oxygen atoms in total. The molecule has 0 amide bonds. The summed E-state index contributed by atoms with van der Waals surface area (Å²) in [6.07, 6.45) is 4.47. The second-order valence-corrected chi connectivity index (χ2v) is 6.51. The molecule has 0 bridgehead atoms. The first kappa shape index (κ1) is 14.5. The summed E-state index contributed by atoms with van der Waals surface area (Å²) in [5, 5.41) is 8.71. The monoisotopic (exact) mass is 280 g/mol. The van der Waals surface area contributed by atoms with Gasteiger partial charge in [0.15, 0.2) is 0 Å². The molecule has 0 unspecified atom stereocenters. The molecule has 1 aromatic heterocycles. The molecule has 19 heavy (non-hydrogen) atoms. The largest absolute Gasteiger partial charge is 0.383 e. The third kappa shape index (κ3) is 3.76. The molecule has 1 aliphatic heterocycles. The number of nitrogen functional groups attached to an aromatic ring is 1. The zero-order chi connectivity index (χ0) is 13.8. The minimum atomic E-state index is 0.160. The number of aromatic nitrogens is 1. The van der Waals surface area contributed by atoms with Crippen molar-refractivity contribution in [2.24, 2.45) is 11.7 Å². The highest BCUT2D eigenvalue weighted by molar-refractivity contribution is 7.13. The van der Waals surface area contributed by atoms with E-state index >= 15 is 0 Å². The molecular weight excluding hydrogens is 256 g/mol. The Morgan fingerprint density at radius 1 is 1.47 bits per heavy atom. The van der Waals surface area contributed by atoms with Crippen molar-refractivity contribution in [3.63, 3.8) is 0 Å². The quantitative estimate of drug-likeness (QED) is 0.642. The van der Waals surface area contributed by atoms with Gasteiger partial charge in [-0.3, -0.25) is 5.41 Å². The molecule has 1 aromatic rings. The van der Waals surface area contributed by atoms with Gasteiger partial charge in [0.2, 0.25) is 0 Å². The van der Waals surface area contributed by atoms with Crippen molar-refractivity contribution in [1.82, 2.24) is 9.88 Å². The van der Waals surface area contributed by atoms with Gasteiger partial charge in [0, 0.05) is 13.0 Å². The molecule has 0 atom stereocenters. The van der Waals surface area contributed by atoms with E-state index in [9.17, 15) is 0 Å². The normalized spacial score (nSPS) is 17.8. The van der Waals surface area contributed by atoms with Crippen molar-refractivity contribution >= 4 is 17.2 Å². The van der Waals surface area contributed by atoms with Crippen LogP contribution in [0.1, 0.15) is 42.3 Å². The molecule has 1 saturated heterocycles. The summed E-state index contributed by atoms with van der Waals surface area (Å²) in [5.41, 5.74) is 6.59. The van der Waals surface area contributed by atoms with Crippen molar-refractivity contribution in [3.8, 4) is 0 Å².